The highest BCUT2D eigenvalue weighted by Gasteiger charge is 2.81. The van der Waals surface area contributed by atoms with E-state index in [1.54, 1.807) is 0 Å². The predicted molar refractivity (Wildman–Crippen MR) is 178 cm³/mol. The molecule has 3 fully saturated rings. The summed E-state index contributed by atoms with van der Waals surface area (Å²) < 4.78 is 0. The highest BCUT2D eigenvalue weighted by Crippen LogP contribution is 2.76. The molecule has 6 heteroatoms. The van der Waals surface area contributed by atoms with Crippen LogP contribution in [0.3, 0.4) is 0 Å². The minimum atomic E-state index is -0.237. The summed E-state index contributed by atoms with van der Waals surface area (Å²) in [6, 6.07) is 28.0. The first kappa shape index (κ1) is 23.8. The van der Waals surface area contributed by atoms with Crippen LogP contribution in [0.2, 0.25) is 0 Å². The van der Waals surface area contributed by atoms with Gasteiger partial charge in [-0.3, -0.25) is 0 Å². The number of hydrogen-bond acceptors (Lipinski definition) is 6. The first-order valence-electron chi connectivity index (χ1n) is 17.0. The minimum Gasteiger partial charge on any atom is -0.355 e. The first-order chi connectivity index (χ1) is 22.3. The summed E-state index contributed by atoms with van der Waals surface area (Å²) in [4.78, 5) is 16.3. The van der Waals surface area contributed by atoms with E-state index in [4.69, 9.17) is 0 Å². The van der Waals surface area contributed by atoms with Crippen LogP contribution >= 0.6 is 0 Å². The molecule has 0 saturated carbocycles. The van der Waals surface area contributed by atoms with Crippen molar-refractivity contribution in [3.63, 3.8) is 0 Å². The van der Waals surface area contributed by atoms with Gasteiger partial charge in [0.1, 0.15) is 18.5 Å². The maximum absolute atomic E-state index is 2.85. The van der Waals surface area contributed by atoms with Gasteiger partial charge < -0.3 is 29.4 Å². The Hall–Kier alpha value is -4.58. The Labute approximate surface area is 264 Å². The molecule has 7 unspecified atom stereocenters. The predicted octanol–water partition coefficient (Wildman–Crippen LogP) is 6.74. The molecule has 0 N–H and O–H groups in total. The molecule has 222 valence electrons. The fraction of sp³-hybridized carbons (Fsp3) is 0.333. The van der Waals surface area contributed by atoms with Crippen molar-refractivity contribution in [2.45, 2.75) is 49.7 Å². The smallest absolute Gasteiger partial charge is 0.118 e. The number of anilines is 3. The van der Waals surface area contributed by atoms with E-state index >= 15 is 0 Å². The lowest BCUT2D eigenvalue weighted by molar-refractivity contribution is -0.208. The molecular formula is C39H36N6. The molecule has 2 spiro atoms. The topological polar surface area (TPSA) is 19.4 Å². The monoisotopic (exact) mass is 588 g/mol. The highest BCUT2D eigenvalue weighted by atomic mass is 15.6. The zero-order valence-electron chi connectivity index (χ0n) is 25.3. The summed E-state index contributed by atoms with van der Waals surface area (Å²) in [5.41, 5.74) is 9.37. The number of hydrogen-bond donors (Lipinski definition) is 0. The Morgan fingerprint density at radius 3 is 2.24 bits per heavy atom. The van der Waals surface area contributed by atoms with Gasteiger partial charge in [0.25, 0.3) is 0 Å². The van der Waals surface area contributed by atoms with E-state index in [1.165, 1.54) is 65.0 Å². The van der Waals surface area contributed by atoms with E-state index in [0.29, 0.717) is 11.8 Å². The minimum absolute atomic E-state index is 0.198. The Bertz CT molecular complexity index is 1940. The van der Waals surface area contributed by atoms with Gasteiger partial charge >= 0.3 is 0 Å². The van der Waals surface area contributed by atoms with Gasteiger partial charge in [-0.15, -0.1) is 0 Å². The summed E-state index contributed by atoms with van der Waals surface area (Å²) in [6.45, 7) is 2.21. The van der Waals surface area contributed by atoms with Crippen LogP contribution in [0.15, 0.2) is 110 Å². The number of rotatable bonds is 0. The van der Waals surface area contributed by atoms with E-state index in [2.05, 4.69) is 145 Å². The standard InChI is InChI=1S/C39H36N6/c1-4-10-31-27(7-1)25-30-28-8-2-5-11-32(28)43-21-19-40-17-14-26-13-16-38(30)37-41(18-15-26)20-22-44(37)33-12-6-3-9-29(33)39(38)34(35(40)43)36-42(31)23-24-45(36)39/h1-12,19-26,34-37H,13-18H2/b30-25+. The molecule has 10 heterocycles. The molecule has 0 aliphatic carbocycles. The third kappa shape index (κ3) is 2.44. The first-order valence-corrected chi connectivity index (χ1v) is 17.0. The second kappa shape index (κ2) is 7.79. The van der Waals surface area contributed by atoms with Crippen LogP contribution in [0.4, 0.5) is 17.1 Å². The van der Waals surface area contributed by atoms with Crippen molar-refractivity contribution >= 4 is 28.7 Å². The number of fused-ring (bicyclic) bond motifs is 6. The molecule has 0 amide bonds. The average Bonchev–Trinajstić information content (AvgIpc) is 3.79. The Morgan fingerprint density at radius 1 is 0.600 bits per heavy atom. The van der Waals surface area contributed by atoms with Gasteiger partial charge in [0.15, 0.2) is 0 Å². The van der Waals surface area contributed by atoms with Crippen LogP contribution in [-0.2, 0) is 5.54 Å². The van der Waals surface area contributed by atoms with Crippen LogP contribution < -0.4 is 14.7 Å². The molecule has 0 radical (unpaired) electrons. The molecule has 13 rings (SSSR count). The lowest BCUT2D eigenvalue weighted by Crippen LogP contribution is -2.85. The van der Waals surface area contributed by atoms with Crippen molar-refractivity contribution in [2.75, 3.05) is 27.8 Å². The normalized spacial score (nSPS) is 37.5. The van der Waals surface area contributed by atoms with Gasteiger partial charge in [-0.2, -0.15) is 0 Å². The van der Waals surface area contributed by atoms with Gasteiger partial charge in [-0.25, -0.2) is 0 Å². The van der Waals surface area contributed by atoms with Gasteiger partial charge in [0, 0.05) is 72.8 Å². The van der Waals surface area contributed by atoms with Crippen LogP contribution in [-0.4, -0.2) is 46.3 Å². The number of para-hydroxylation sites is 3. The zero-order chi connectivity index (χ0) is 29.1. The molecule has 9 bridgehead atoms. The van der Waals surface area contributed by atoms with Crippen LogP contribution in [0, 0.1) is 17.3 Å². The van der Waals surface area contributed by atoms with Crippen LogP contribution in [0.25, 0.3) is 11.6 Å². The molecule has 3 saturated heterocycles. The SMILES string of the molecule is C1=CN2c3ccccc3/C3=C\c4ccccc4N4C=CN5C4C4C2N1CCC1CCN2C=CN6c7ccccc7C45C3(CC1)C26. The summed E-state index contributed by atoms with van der Waals surface area (Å²) in [6.07, 6.45) is 22.8. The third-order valence-corrected chi connectivity index (χ3v) is 13.2. The number of benzene rings is 3. The maximum Gasteiger partial charge on any atom is 0.118 e. The lowest BCUT2D eigenvalue weighted by Gasteiger charge is -2.77. The molecule has 10 aliphatic rings. The molecule has 45 heavy (non-hydrogen) atoms. The lowest BCUT2D eigenvalue weighted by atomic mass is 9.44. The van der Waals surface area contributed by atoms with Crippen LogP contribution in [0.1, 0.15) is 42.4 Å². The van der Waals surface area contributed by atoms with E-state index in [9.17, 15) is 0 Å². The third-order valence-electron chi connectivity index (χ3n) is 13.2. The maximum atomic E-state index is 2.85. The fourth-order valence-electron chi connectivity index (χ4n) is 11.7. The number of nitrogens with zero attached hydrogens (tertiary/aromatic N) is 6. The molecule has 0 aromatic heterocycles. The van der Waals surface area contributed by atoms with Crippen molar-refractivity contribution in [3.8, 4) is 0 Å². The quantitative estimate of drug-likeness (QED) is 0.288. The van der Waals surface area contributed by atoms with Gasteiger partial charge in [0.05, 0.1) is 22.6 Å². The summed E-state index contributed by atoms with van der Waals surface area (Å²) in [5.74, 6) is 1.03. The van der Waals surface area contributed by atoms with Crippen molar-refractivity contribution in [1.82, 2.24) is 14.7 Å². The molecule has 3 aromatic rings. The summed E-state index contributed by atoms with van der Waals surface area (Å²) in [7, 11) is 0. The fourth-order valence-corrected chi connectivity index (χ4v) is 11.7. The van der Waals surface area contributed by atoms with E-state index < -0.39 is 0 Å². The second-order valence-corrected chi connectivity index (χ2v) is 14.6. The Balaban J connectivity index is 1.33. The Kier molecular flexibility index (Phi) is 4.11. The van der Waals surface area contributed by atoms with Gasteiger partial charge in [0.2, 0.25) is 0 Å². The average molecular weight is 589 g/mol. The molecule has 6 nitrogen and oxygen atoms in total. The van der Waals surface area contributed by atoms with E-state index in [-0.39, 0.29) is 29.5 Å². The van der Waals surface area contributed by atoms with Crippen molar-refractivity contribution < 1.29 is 0 Å². The summed E-state index contributed by atoms with van der Waals surface area (Å²) in [5, 5.41) is 0. The van der Waals surface area contributed by atoms with Crippen LogP contribution in [0.5, 0.6) is 0 Å². The largest absolute Gasteiger partial charge is 0.355 e. The van der Waals surface area contributed by atoms with Crippen molar-refractivity contribution in [1.29, 1.82) is 0 Å². The molecular weight excluding hydrogens is 552 g/mol. The van der Waals surface area contributed by atoms with Gasteiger partial charge in [-0.05, 0) is 67.0 Å². The molecule has 3 aromatic carbocycles. The molecule has 10 aliphatic heterocycles. The van der Waals surface area contributed by atoms with E-state index in [1.807, 2.05) is 0 Å². The van der Waals surface area contributed by atoms with Crippen molar-refractivity contribution in [2.24, 2.45) is 17.3 Å². The Morgan fingerprint density at radius 2 is 1.31 bits per heavy atom. The molecule has 7 atom stereocenters. The van der Waals surface area contributed by atoms with E-state index in [0.717, 1.165) is 13.1 Å². The highest BCUT2D eigenvalue weighted by molar-refractivity contribution is 5.97. The van der Waals surface area contributed by atoms with Crippen molar-refractivity contribution in [3.05, 3.63) is 127 Å². The summed E-state index contributed by atoms with van der Waals surface area (Å²) >= 11 is 0. The zero-order valence-corrected chi connectivity index (χ0v) is 25.3. The van der Waals surface area contributed by atoms with Gasteiger partial charge in [-0.1, -0.05) is 54.6 Å². The second-order valence-electron chi connectivity index (χ2n) is 14.6.